The second-order valence-electron chi connectivity index (χ2n) is 5.17. The Labute approximate surface area is 108 Å². The molecule has 2 heterocycles. The summed E-state index contributed by atoms with van der Waals surface area (Å²) in [6.45, 7) is 9.19. The molecule has 1 saturated heterocycles. The topological polar surface area (TPSA) is 28.2 Å². The van der Waals surface area contributed by atoms with Gasteiger partial charge in [0.25, 0.3) is 0 Å². The summed E-state index contributed by atoms with van der Waals surface area (Å²) in [6, 6.07) is 0.677. The van der Waals surface area contributed by atoms with Crippen molar-refractivity contribution in [3.8, 4) is 0 Å². The zero-order chi connectivity index (χ0) is 12.1. The smallest absolute Gasteiger partial charge is 0.0795 e. The summed E-state index contributed by atoms with van der Waals surface area (Å²) in [5, 5.41) is 5.67. The van der Waals surface area contributed by atoms with Gasteiger partial charge in [0, 0.05) is 24.5 Å². The summed E-state index contributed by atoms with van der Waals surface area (Å²) in [5.74, 6) is 0.719. The molecular formula is C13H23N3S. The van der Waals surface area contributed by atoms with Crippen molar-refractivity contribution in [2.45, 2.75) is 39.3 Å². The van der Waals surface area contributed by atoms with Gasteiger partial charge < -0.3 is 5.32 Å². The molecule has 1 aromatic rings. The summed E-state index contributed by atoms with van der Waals surface area (Å²) in [7, 11) is 0. The van der Waals surface area contributed by atoms with Crippen molar-refractivity contribution >= 4 is 11.3 Å². The Morgan fingerprint density at radius 2 is 2.18 bits per heavy atom. The first kappa shape index (κ1) is 13.0. The first-order valence-corrected chi connectivity index (χ1v) is 7.53. The Kier molecular flexibility index (Phi) is 4.95. The SMILES string of the molecule is CC(C)C(CNCc1cscn1)N1CCCC1. The van der Waals surface area contributed by atoms with Gasteiger partial charge in [-0.25, -0.2) is 4.98 Å². The van der Waals surface area contributed by atoms with Crippen LogP contribution < -0.4 is 5.32 Å². The first-order valence-electron chi connectivity index (χ1n) is 6.59. The van der Waals surface area contributed by atoms with Crippen molar-refractivity contribution in [1.82, 2.24) is 15.2 Å². The van der Waals surface area contributed by atoms with Crippen molar-refractivity contribution in [2.75, 3.05) is 19.6 Å². The molecule has 0 bridgehead atoms. The highest BCUT2D eigenvalue weighted by Crippen LogP contribution is 2.17. The number of nitrogens with one attached hydrogen (secondary N) is 1. The highest BCUT2D eigenvalue weighted by Gasteiger charge is 2.23. The Morgan fingerprint density at radius 3 is 2.76 bits per heavy atom. The largest absolute Gasteiger partial charge is 0.310 e. The fraction of sp³-hybridized carbons (Fsp3) is 0.769. The molecule has 0 spiro atoms. The standard InChI is InChI=1S/C13H23N3S/c1-11(2)13(16-5-3-4-6-16)8-14-7-12-9-17-10-15-12/h9-11,13-14H,3-8H2,1-2H3. The van der Waals surface area contributed by atoms with Gasteiger partial charge in [0.1, 0.15) is 0 Å². The van der Waals surface area contributed by atoms with Crippen molar-refractivity contribution < 1.29 is 0 Å². The number of aromatic nitrogens is 1. The normalized spacial score (nSPS) is 19.0. The maximum absolute atomic E-state index is 4.30. The highest BCUT2D eigenvalue weighted by atomic mass is 32.1. The number of nitrogens with zero attached hydrogens (tertiary/aromatic N) is 2. The van der Waals surface area contributed by atoms with Gasteiger partial charge in [-0.05, 0) is 31.8 Å². The van der Waals surface area contributed by atoms with Crippen LogP contribution in [0.2, 0.25) is 0 Å². The van der Waals surface area contributed by atoms with Crippen LogP contribution in [-0.4, -0.2) is 35.6 Å². The zero-order valence-corrected chi connectivity index (χ0v) is 11.7. The maximum atomic E-state index is 4.30. The minimum absolute atomic E-state index is 0.677. The number of hydrogen-bond donors (Lipinski definition) is 1. The Morgan fingerprint density at radius 1 is 1.41 bits per heavy atom. The summed E-state index contributed by atoms with van der Waals surface area (Å²) in [6.07, 6.45) is 2.74. The molecule has 2 rings (SSSR count). The highest BCUT2D eigenvalue weighted by molar-refractivity contribution is 7.07. The monoisotopic (exact) mass is 253 g/mol. The molecule has 1 atom stereocenters. The minimum atomic E-state index is 0.677. The van der Waals surface area contributed by atoms with Crippen molar-refractivity contribution in [1.29, 1.82) is 0 Å². The lowest BCUT2D eigenvalue weighted by molar-refractivity contribution is 0.186. The number of thiazole rings is 1. The minimum Gasteiger partial charge on any atom is -0.310 e. The lowest BCUT2D eigenvalue weighted by Gasteiger charge is -2.31. The number of rotatable bonds is 6. The molecule has 1 N–H and O–H groups in total. The van der Waals surface area contributed by atoms with E-state index in [0.29, 0.717) is 6.04 Å². The van der Waals surface area contributed by atoms with Crippen LogP contribution in [0.1, 0.15) is 32.4 Å². The van der Waals surface area contributed by atoms with Crippen molar-refractivity contribution in [3.05, 3.63) is 16.6 Å². The maximum Gasteiger partial charge on any atom is 0.0795 e. The summed E-state index contributed by atoms with van der Waals surface area (Å²) >= 11 is 1.67. The molecule has 96 valence electrons. The molecule has 1 aromatic heterocycles. The summed E-state index contributed by atoms with van der Waals surface area (Å²) < 4.78 is 0. The molecule has 0 radical (unpaired) electrons. The van der Waals surface area contributed by atoms with E-state index >= 15 is 0 Å². The lowest BCUT2D eigenvalue weighted by atomic mass is 10.0. The van der Waals surface area contributed by atoms with Gasteiger partial charge >= 0.3 is 0 Å². The zero-order valence-electron chi connectivity index (χ0n) is 10.9. The average molecular weight is 253 g/mol. The second-order valence-corrected chi connectivity index (χ2v) is 5.88. The van der Waals surface area contributed by atoms with Crippen LogP contribution in [0, 0.1) is 5.92 Å². The first-order chi connectivity index (χ1) is 8.27. The van der Waals surface area contributed by atoms with E-state index in [1.807, 2.05) is 5.51 Å². The molecule has 4 heteroatoms. The molecule has 0 amide bonds. The van der Waals surface area contributed by atoms with Crippen molar-refractivity contribution in [2.24, 2.45) is 5.92 Å². The number of hydrogen-bond acceptors (Lipinski definition) is 4. The molecule has 0 aromatic carbocycles. The van der Waals surface area contributed by atoms with Gasteiger partial charge in [-0.15, -0.1) is 11.3 Å². The third-order valence-electron chi connectivity index (χ3n) is 3.52. The molecule has 0 aliphatic carbocycles. The van der Waals surface area contributed by atoms with E-state index in [0.717, 1.165) is 19.0 Å². The average Bonchev–Trinajstić information content (AvgIpc) is 2.96. The van der Waals surface area contributed by atoms with E-state index in [2.05, 4.69) is 34.4 Å². The van der Waals surface area contributed by atoms with Crippen LogP contribution >= 0.6 is 11.3 Å². The fourth-order valence-corrected chi connectivity index (χ4v) is 3.09. The van der Waals surface area contributed by atoms with Gasteiger partial charge in [0.15, 0.2) is 0 Å². The fourth-order valence-electron chi connectivity index (χ4n) is 2.53. The van der Waals surface area contributed by atoms with E-state index in [-0.39, 0.29) is 0 Å². The molecule has 1 aliphatic rings. The molecule has 3 nitrogen and oxygen atoms in total. The third-order valence-corrected chi connectivity index (χ3v) is 4.16. The third kappa shape index (κ3) is 3.76. The van der Waals surface area contributed by atoms with Crippen LogP contribution in [-0.2, 0) is 6.54 Å². The van der Waals surface area contributed by atoms with Crippen LogP contribution in [0.15, 0.2) is 10.9 Å². The van der Waals surface area contributed by atoms with E-state index in [9.17, 15) is 0 Å². The lowest BCUT2D eigenvalue weighted by Crippen LogP contribution is -2.44. The Bertz CT molecular complexity index is 304. The molecule has 0 saturated carbocycles. The van der Waals surface area contributed by atoms with Gasteiger partial charge in [-0.1, -0.05) is 13.8 Å². The van der Waals surface area contributed by atoms with Gasteiger partial charge in [-0.3, -0.25) is 4.90 Å². The molecule has 1 unspecified atom stereocenters. The quantitative estimate of drug-likeness (QED) is 0.843. The van der Waals surface area contributed by atoms with Crippen LogP contribution in [0.3, 0.4) is 0 Å². The Hall–Kier alpha value is -0.450. The molecular weight excluding hydrogens is 230 g/mol. The molecule has 1 aliphatic heterocycles. The van der Waals surface area contributed by atoms with E-state index in [1.165, 1.54) is 31.6 Å². The van der Waals surface area contributed by atoms with Crippen LogP contribution in [0.25, 0.3) is 0 Å². The van der Waals surface area contributed by atoms with Gasteiger partial charge in [-0.2, -0.15) is 0 Å². The molecule has 17 heavy (non-hydrogen) atoms. The van der Waals surface area contributed by atoms with Gasteiger partial charge in [0.2, 0.25) is 0 Å². The summed E-state index contributed by atoms with van der Waals surface area (Å²) in [5.41, 5.74) is 3.07. The van der Waals surface area contributed by atoms with Crippen LogP contribution in [0.5, 0.6) is 0 Å². The molecule has 1 fully saturated rings. The number of likely N-dealkylation sites (tertiary alicyclic amines) is 1. The summed E-state index contributed by atoms with van der Waals surface area (Å²) in [4.78, 5) is 6.94. The van der Waals surface area contributed by atoms with E-state index in [4.69, 9.17) is 0 Å². The van der Waals surface area contributed by atoms with Gasteiger partial charge in [0.05, 0.1) is 11.2 Å². The van der Waals surface area contributed by atoms with Crippen molar-refractivity contribution in [3.63, 3.8) is 0 Å². The van der Waals surface area contributed by atoms with Crippen LogP contribution in [0.4, 0.5) is 0 Å². The van der Waals surface area contributed by atoms with E-state index < -0.39 is 0 Å². The second kappa shape index (κ2) is 6.47. The van der Waals surface area contributed by atoms with E-state index in [1.54, 1.807) is 11.3 Å². The Balaban J connectivity index is 1.77. The predicted molar refractivity (Wildman–Crippen MR) is 73.3 cm³/mol. The predicted octanol–water partition coefficient (Wildman–Crippen LogP) is 2.35.